The summed E-state index contributed by atoms with van der Waals surface area (Å²) in [5.74, 6) is -0.0543. The summed E-state index contributed by atoms with van der Waals surface area (Å²) < 4.78 is 74.8. The molecule has 2 N–H and O–H groups in total. The van der Waals surface area contributed by atoms with E-state index in [1.165, 1.54) is 29.3 Å². The van der Waals surface area contributed by atoms with E-state index in [0.29, 0.717) is 34.6 Å². The van der Waals surface area contributed by atoms with Crippen LogP contribution in [0, 0.1) is 0 Å². The highest BCUT2D eigenvalue weighted by atomic mass is 35.5. The first-order valence-electron chi connectivity index (χ1n) is 10.5. The van der Waals surface area contributed by atoms with Gasteiger partial charge in [-0.3, -0.25) is 0 Å². The second-order valence-electron chi connectivity index (χ2n) is 7.71. The molecule has 1 aromatic heterocycles. The van der Waals surface area contributed by atoms with E-state index in [0.717, 1.165) is 17.7 Å². The maximum Gasteiger partial charge on any atom is 0.573 e. The van der Waals surface area contributed by atoms with Gasteiger partial charge in [0.25, 0.3) is 10.0 Å². The smallest absolute Gasteiger partial charge is 0.497 e. The van der Waals surface area contributed by atoms with Gasteiger partial charge in [-0.2, -0.15) is 0 Å². The molecule has 1 heterocycles. The number of hydrogen-bond donors (Lipinski definition) is 2. The van der Waals surface area contributed by atoms with E-state index in [1.807, 2.05) is 0 Å². The SMILES string of the molecule is CNCc1cn(S(=O)(=O)c2cccc(OC)c2)c2cc(Nc3ccc(OC(F)(F)F)cc3Cl)ccc12. The maximum absolute atomic E-state index is 13.5. The van der Waals surface area contributed by atoms with Crippen molar-refractivity contribution in [3.8, 4) is 11.5 Å². The molecule has 0 spiro atoms. The Labute approximate surface area is 210 Å². The first-order valence-corrected chi connectivity index (χ1v) is 12.3. The number of fused-ring (bicyclic) bond motifs is 1. The Morgan fingerprint density at radius 3 is 2.47 bits per heavy atom. The van der Waals surface area contributed by atoms with Crippen molar-refractivity contribution in [2.45, 2.75) is 17.8 Å². The summed E-state index contributed by atoms with van der Waals surface area (Å²) in [6.45, 7) is 0.427. The lowest BCUT2D eigenvalue weighted by Gasteiger charge is -2.13. The predicted molar refractivity (Wildman–Crippen MR) is 132 cm³/mol. The van der Waals surface area contributed by atoms with E-state index in [1.54, 1.807) is 43.6 Å². The fraction of sp³-hybridized carbons (Fsp3) is 0.167. The second-order valence-corrected chi connectivity index (χ2v) is 9.93. The largest absolute Gasteiger partial charge is 0.573 e. The van der Waals surface area contributed by atoms with Crippen LogP contribution in [0.5, 0.6) is 11.5 Å². The van der Waals surface area contributed by atoms with Gasteiger partial charge < -0.3 is 20.1 Å². The van der Waals surface area contributed by atoms with E-state index < -0.39 is 22.1 Å². The summed E-state index contributed by atoms with van der Waals surface area (Å²) in [4.78, 5) is 0.0522. The van der Waals surface area contributed by atoms with E-state index >= 15 is 0 Å². The molecule has 190 valence electrons. The number of nitrogens with one attached hydrogen (secondary N) is 2. The molecule has 0 amide bonds. The standard InChI is InChI=1S/C24H21ClF3N3O4S/c1-29-13-15-14-31(36(32,33)19-5-3-4-17(11-19)34-2)23-10-16(6-8-20(15)23)30-22-9-7-18(12-21(22)25)35-24(26,27)28/h3-12,14,29-30H,13H2,1-2H3. The Bertz CT molecular complexity index is 1520. The van der Waals surface area contributed by atoms with Crippen LogP contribution < -0.4 is 20.1 Å². The predicted octanol–water partition coefficient (Wildman–Crippen LogP) is 5.90. The lowest BCUT2D eigenvalue weighted by molar-refractivity contribution is -0.274. The third-order valence-electron chi connectivity index (χ3n) is 5.27. The Morgan fingerprint density at radius 1 is 1.03 bits per heavy atom. The molecule has 3 aromatic carbocycles. The summed E-state index contributed by atoms with van der Waals surface area (Å²) >= 11 is 6.15. The van der Waals surface area contributed by atoms with Gasteiger partial charge in [-0.05, 0) is 49.0 Å². The van der Waals surface area contributed by atoms with Crippen LogP contribution in [-0.4, -0.2) is 32.9 Å². The molecule has 0 saturated heterocycles. The van der Waals surface area contributed by atoms with Gasteiger partial charge in [-0.15, -0.1) is 13.2 Å². The number of alkyl halides is 3. The number of methoxy groups -OCH3 is 1. The lowest BCUT2D eigenvalue weighted by Crippen LogP contribution is -2.17. The number of aromatic nitrogens is 1. The number of ether oxygens (including phenoxy) is 2. The zero-order valence-corrected chi connectivity index (χ0v) is 20.6. The zero-order valence-electron chi connectivity index (χ0n) is 19.1. The van der Waals surface area contributed by atoms with Crippen molar-refractivity contribution < 1.29 is 31.1 Å². The first kappa shape index (κ1) is 25.7. The Kier molecular flexibility index (Phi) is 7.07. The molecule has 0 radical (unpaired) electrons. The molecule has 36 heavy (non-hydrogen) atoms. The highest BCUT2D eigenvalue weighted by Gasteiger charge is 2.31. The minimum absolute atomic E-state index is 0.00731. The van der Waals surface area contributed by atoms with Gasteiger partial charge in [-0.1, -0.05) is 23.7 Å². The average Bonchev–Trinajstić information content (AvgIpc) is 3.18. The second kappa shape index (κ2) is 9.92. The van der Waals surface area contributed by atoms with Crippen LogP contribution in [0.15, 0.2) is 71.8 Å². The summed E-state index contributed by atoms with van der Waals surface area (Å²) in [6, 6.07) is 14.8. The number of hydrogen-bond acceptors (Lipinski definition) is 6. The van der Waals surface area contributed by atoms with Gasteiger partial charge in [0.05, 0.1) is 28.2 Å². The molecule has 4 rings (SSSR count). The molecule has 12 heteroatoms. The third-order valence-corrected chi connectivity index (χ3v) is 7.25. The minimum Gasteiger partial charge on any atom is -0.497 e. The maximum atomic E-state index is 13.5. The summed E-state index contributed by atoms with van der Waals surface area (Å²) in [5.41, 5.74) is 1.96. The molecular weight excluding hydrogens is 519 g/mol. The van der Waals surface area contributed by atoms with Crippen molar-refractivity contribution in [2.75, 3.05) is 19.5 Å². The van der Waals surface area contributed by atoms with Crippen LogP contribution in [-0.2, 0) is 16.6 Å². The van der Waals surface area contributed by atoms with Crippen LogP contribution >= 0.6 is 11.6 Å². The fourth-order valence-electron chi connectivity index (χ4n) is 3.70. The Hall–Kier alpha value is -3.41. The van der Waals surface area contributed by atoms with Gasteiger partial charge in [0.1, 0.15) is 11.5 Å². The molecular formula is C24H21ClF3N3O4S. The van der Waals surface area contributed by atoms with Gasteiger partial charge in [0.15, 0.2) is 0 Å². The lowest BCUT2D eigenvalue weighted by atomic mass is 10.1. The van der Waals surface area contributed by atoms with Gasteiger partial charge in [-0.25, -0.2) is 12.4 Å². The number of anilines is 2. The van der Waals surface area contributed by atoms with E-state index in [2.05, 4.69) is 15.4 Å². The Morgan fingerprint density at radius 2 is 1.81 bits per heavy atom. The molecule has 0 aliphatic heterocycles. The fourth-order valence-corrected chi connectivity index (χ4v) is 5.34. The quantitative estimate of drug-likeness (QED) is 0.290. The normalized spacial score (nSPS) is 12.1. The van der Waals surface area contributed by atoms with Crippen LogP contribution in [0.2, 0.25) is 5.02 Å². The van der Waals surface area contributed by atoms with Crippen molar-refractivity contribution in [1.29, 1.82) is 0 Å². The first-order chi connectivity index (χ1) is 17.0. The zero-order chi connectivity index (χ0) is 26.1. The molecule has 0 saturated carbocycles. The van der Waals surface area contributed by atoms with Gasteiger partial charge in [0, 0.05) is 35.9 Å². The molecule has 0 unspecified atom stereocenters. The highest BCUT2D eigenvalue weighted by Crippen LogP contribution is 2.34. The molecule has 4 aromatic rings. The summed E-state index contributed by atoms with van der Waals surface area (Å²) in [5, 5.41) is 6.75. The van der Waals surface area contributed by atoms with Gasteiger partial charge >= 0.3 is 6.36 Å². The molecule has 7 nitrogen and oxygen atoms in total. The van der Waals surface area contributed by atoms with Crippen molar-refractivity contribution >= 4 is 43.9 Å². The average molecular weight is 540 g/mol. The highest BCUT2D eigenvalue weighted by molar-refractivity contribution is 7.90. The molecule has 0 atom stereocenters. The number of nitrogens with zero attached hydrogens (tertiary/aromatic N) is 1. The topological polar surface area (TPSA) is 81.6 Å². The van der Waals surface area contributed by atoms with E-state index in [9.17, 15) is 21.6 Å². The van der Waals surface area contributed by atoms with Crippen LogP contribution in [0.4, 0.5) is 24.5 Å². The van der Waals surface area contributed by atoms with Crippen molar-refractivity contribution in [3.05, 3.63) is 77.4 Å². The van der Waals surface area contributed by atoms with Crippen LogP contribution in [0.1, 0.15) is 5.56 Å². The van der Waals surface area contributed by atoms with Crippen LogP contribution in [0.25, 0.3) is 10.9 Å². The van der Waals surface area contributed by atoms with Crippen LogP contribution in [0.3, 0.4) is 0 Å². The molecule has 0 bridgehead atoms. The van der Waals surface area contributed by atoms with Crippen molar-refractivity contribution in [2.24, 2.45) is 0 Å². The number of rotatable bonds is 8. The van der Waals surface area contributed by atoms with E-state index in [-0.39, 0.29) is 9.92 Å². The molecule has 0 fully saturated rings. The molecule has 0 aliphatic carbocycles. The number of halogens is 4. The monoisotopic (exact) mass is 539 g/mol. The van der Waals surface area contributed by atoms with Crippen molar-refractivity contribution in [1.82, 2.24) is 9.29 Å². The van der Waals surface area contributed by atoms with Gasteiger partial charge in [0.2, 0.25) is 0 Å². The number of benzene rings is 3. The summed E-state index contributed by atoms with van der Waals surface area (Å²) in [7, 11) is -0.780. The Balaban J connectivity index is 1.76. The third kappa shape index (κ3) is 5.38. The van der Waals surface area contributed by atoms with Crippen molar-refractivity contribution in [3.63, 3.8) is 0 Å². The van der Waals surface area contributed by atoms with E-state index in [4.69, 9.17) is 16.3 Å². The summed E-state index contributed by atoms with van der Waals surface area (Å²) in [6.07, 6.45) is -3.29. The minimum atomic E-state index is -4.84. The molecule has 0 aliphatic rings.